The summed E-state index contributed by atoms with van der Waals surface area (Å²) in [7, 11) is 0. The lowest BCUT2D eigenvalue weighted by Crippen LogP contribution is -2.00. The Morgan fingerprint density at radius 1 is 0.327 bits per heavy atom. The van der Waals surface area contributed by atoms with Gasteiger partial charge in [0.15, 0.2) is 0 Å². The van der Waals surface area contributed by atoms with Gasteiger partial charge in [0.05, 0.1) is 5.69 Å². The molecule has 0 aliphatic rings. The summed E-state index contributed by atoms with van der Waals surface area (Å²) in [6, 6.07) is 58.5. The van der Waals surface area contributed by atoms with Gasteiger partial charge >= 0.3 is 0 Å². The molecule has 0 atom stereocenters. The lowest BCUT2D eigenvalue weighted by molar-refractivity contribution is 1.37. The van der Waals surface area contributed by atoms with E-state index in [4.69, 9.17) is 4.98 Å². The molecule has 0 aliphatic heterocycles. The van der Waals surface area contributed by atoms with E-state index in [1.807, 2.05) is 6.20 Å². The molecule has 9 aromatic rings. The molecule has 52 heavy (non-hydrogen) atoms. The Balaban J connectivity index is 1.63. The molecule has 0 radical (unpaired) electrons. The van der Waals surface area contributed by atoms with Crippen LogP contribution in [0.3, 0.4) is 0 Å². The van der Waals surface area contributed by atoms with Crippen molar-refractivity contribution in [2.45, 2.75) is 27.7 Å². The fourth-order valence-electron chi connectivity index (χ4n) is 7.93. The molecule has 248 valence electrons. The van der Waals surface area contributed by atoms with Crippen molar-refractivity contribution < 1.29 is 0 Å². The van der Waals surface area contributed by atoms with Crippen LogP contribution in [0.15, 0.2) is 164 Å². The molecule has 9 rings (SSSR count). The van der Waals surface area contributed by atoms with Crippen LogP contribution in [-0.2, 0) is 0 Å². The van der Waals surface area contributed by atoms with Crippen LogP contribution in [0.2, 0.25) is 0 Å². The lowest BCUT2D eigenvalue weighted by atomic mass is 9.76. The zero-order valence-electron chi connectivity index (χ0n) is 30.0. The molecule has 0 saturated heterocycles. The van der Waals surface area contributed by atoms with Crippen molar-refractivity contribution in [1.29, 1.82) is 0 Å². The summed E-state index contributed by atoms with van der Waals surface area (Å²) in [5.41, 5.74) is 16.8. The maximum absolute atomic E-state index is 5.24. The standard InChI is InChI=1S/C51H39N/c1-32-13-21-37(22-14-32)45-44-31-41-10-6-7-11-42(41)50(51-43-12-8-5-9-36(43)29-30-52-51)49(44)48(40-27-19-35(4)20-28-40)47(39-25-17-34(3)18-26-39)46(45)38-23-15-33(2)16-24-38/h5-31H,1-4H3. The summed E-state index contributed by atoms with van der Waals surface area (Å²) in [4.78, 5) is 5.24. The summed E-state index contributed by atoms with van der Waals surface area (Å²) >= 11 is 0. The molecule has 0 fully saturated rings. The molecule has 1 aromatic heterocycles. The fraction of sp³-hybridized carbons (Fsp3) is 0.0784. The van der Waals surface area contributed by atoms with Crippen molar-refractivity contribution in [3.05, 3.63) is 186 Å². The van der Waals surface area contributed by atoms with Crippen LogP contribution in [0.25, 0.3) is 88.1 Å². The van der Waals surface area contributed by atoms with Crippen LogP contribution in [0.1, 0.15) is 22.3 Å². The second-order valence-electron chi connectivity index (χ2n) is 14.2. The van der Waals surface area contributed by atoms with Crippen LogP contribution < -0.4 is 0 Å². The first-order valence-corrected chi connectivity index (χ1v) is 18.1. The number of hydrogen-bond donors (Lipinski definition) is 0. The molecule has 1 heteroatoms. The van der Waals surface area contributed by atoms with Gasteiger partial charge in [-0.1, -0.05) is 168 Å². The molecular weight excluding hydrogens is 627 g/mol. The molecule has 0 bridgehead atoms. The van der Waals surface area contributed by atoms with Crippen molar-refractivity contribution in [2.75, 3.05) is 0 Å². The molecule has 1 heterocycles. The smallest absolute Gasteiger partial charge is 0.0792 e. The maximum Gasteiger partial charge on any atom is 0.0792 e. The Morgan fingerprint density at radius 2 is 0.750 bits per heavy atom. The van der Waals surface area contributed by atoms with Gasteiger partial charge in [-0.15, -0.1) is 0 Å². The van der Waals surface area contributed by atoms with Gasteiger partial charge in [-0.25, -0.2) is 0 Å². The van der Waals surface area contributed by atoms with Gasteiger partial charge in [0.2, 0.25) is 0 Å². The van der Waals surface area contributed by atoms with Gasteiger partial charge in [0, 0.05) is 22.5 Å². The van der Waals surface area contributed by atoms with E-state index in [1.54, 1.807) is 0 Å². The van der Waals surface area contributed by atoms with Crippen LogP contribution >= 0.6 is 0 Å². The highest BCUT2D eigenvalue weighted by Crippen LogP contribution is 2.54. The zero-order chi connectivity index (χ0) is 35.3. The molecule has 8 aromatic carbocycles. The van der Waals surface area contributed by atoms with E-state index in [-0.39, 0.29) is 0 Å². The van der Waals surface area contributed by atoms with E-state index in [0.29, 0.717) is 0 Å². The van der Waals surface area contributed by atoms with Gasteiger partial charge < -0.3 is 0 Å². The summed E-state index contributed by atoms with van der Waals surface area (Å²) in [6.07, 6.45) is 1.97. The number of pyridine rings is 1. The molecule has 0 aliphatic carbocycles. The van der Waals surface area contributed by atoms with E-state index in [0.717, 1.165) is 16.6 Å². The maximum atomic E-state index is 5.24. The Bertz CT molecular complexity index is 2760. The monoisotopic (exact) mass is 665 g/mol. The molecule has 1 nitrogen and oxygen atoms in total. The second kappa shape index (κ2) is 12.8. The highest BCUT2D eigenvalue weighted by Gasteiger charge is 2.28. The number of nitrogens with zero attached hydrogens (tertiary/aromatic N) is 1. The van der Waals surface area contributed by atoms with E-state index >= 15 is 0 Å². The van der Waals surface area contributed by atoms with Crippen LogP contribution in [0.5, 0.6) is 0 Å². The Morgan fingerprint density at radius 3 is 1.29 bits per heavy atom. The SMILES string of the molecule is Cc1ccc(-c2c(-c3ccc(C)cc3)c(-c3ccc(C)cc3)c3c(-c4nccc5ccccc45)c4ccccc4cc3c2-c2ccc(C)cc2)cc1. The van der Waals surface area contributed by atoms with Gasteiger partial charge in [0.1, 0.15) is 0 Å². The first-order chi connectivity index (χ1) is 25.4. The first kappa shape index (κ1) is 31.7. The Hall–Kier alpha value is -6.31. The zero-order valence-corrected chi connectivity index (χ0v) is 30.0. The van der Waals surface area contributed by atoms with Crippen molar-refractivity contribution >= 4 is 32.3 Å². The summed E-state index contributed by atoms with van der Waals surface area (Å²) in [5.74, 6) is 0. The minimum Gasteiger partial charge on any atom is -0.256 e. The van der Waals surface area contributed by atoms with Crippen molar-refractivity contribution in [1.82, 2.24) is 4.98 Å². The predicted octanol–water partition coefficient (Wildman–Crippen LogP) is 14.1. The fourth-order valence-corrected chi connectivity index (χ4v) is 7.93. The average Bonchev–Trinajstić information content (AvgIpc) is 3.17. The van der Waals surface area contributed by atoms with E-state index in [9.17, 15) is 0 Å². The molecule has 0 unspecified atom stereocenters. The average molecular weight is 666 g/mol. The normalized spacial score (nSPS) is 11.5. The third-order valence-electron chi connectivity index (χ3n) is 10.6. The number of fused-ring (bicyclic) bond motifs is 3. The molecule has 0 amide bonds. The van der Waals surface area contributed by atoms with E-state index in [1.165, 1.54) is 93.7 Å². The second-order valence-corrected chi connectivity index (χ2v) is 14.2. The van der Waals surface area contributed by atoms with Crippen LogP contribution in [0, 0.1) is 27.7 Å². The summed E-state index contributed by atoms with van der Waals surface area (Å²) in [5, 5.41) is 7.15. The topological polar surface area (TPSA) is 12.9 Å². The van der Waals surface area contributed by atoms with Crippen molar-refractivity contribution in [3.8, 4) is 55.8 Å². The number of benzene rings is 8. The van der Waals surface area contributed by atoms with Crippen LogP contribution in [-0.4, -0.2) is 4.98 Å². The van der Waals surface area contributed by atoms with E-state index in [2.05, 4.69) is 185 Å². The Labute approximate surface area is 305 Å². The van der Waals surface area contributed by atoms with E-state index < -0.39 is 0 Å². The van der Waals surface area contributed by atoms with Gasteiger partial charge in [-0.05, 0) is 106 Å². The quantitative estimate of drug-likeness (QED) is 0.167. The molecule has 0 spiro atoms. The summed E-state index contributed by atoms with van der Waals surface area (Å²) < 4.78 is 0. The minimum atomic E-state index is 1.00. The first-order valence-electron chi connectivity index (χ1n) is 18.1. The largest absolute Gasteiger partial charge is 0.256 e. The third-order valence-corrected chi connectivity index (χ3v) is 10.6. The van der Waals surface area contributed by atoms with Gasteiger partial charge in [-0.2, -0.15) is 0 Å². The molecular formula is C51H39N. The number of rotatable bonds is 5. The van der Waals surface area contributed by atoms with Gasteiger partial charge in [0.25, 0.3) is 0 Å². The highest BCUT2D eigenvalue weighted by molar-refractivity contribution is 6.27. The highest BCUT2D eigenvalue weighted by atomic mass is 14.7. The number of aryl methyl sites for hydroxylation is 4. The van der Waals surface area contributed by atoms with Crippen molar-refractivity contribution in [3.63, 3.8) is 0 Å². The Kier molecular flexibility index (Phi) is 7.78. The lowest BCUT2D eigenvalue weighted by Gasteiger charge is -2.27. The number of hydrogen-bond acceptors (Lipinski definition) is 1. The summed E-state index contributed by atoms with van der Waals surface area (Å²) in [6.45, 7) is 8.66. The van der Waals surface area contributed by atoms with Crippen LogP contribution in [0.4, 0.5) is 0 Å². The number of aromatic nitrogens is 1. The molecule has 0 saturated carbocycles. The predicted molar refractivity (Wildman–Crippen MR) is 223 cm³/mol. The van der Waals surface area contributed by atoms with Gasteiger partial charge in [-0.3, -0.25) is 4.98 Å². The minimum absolute atomic E-state index is 1.00. The van der Waals surface area contributed by atoms with Crippen molar-refractivity contribution in [2.24, 2.45) is 0 Å². The third kappa shape index (κ3) is 5.38. The molecule has 0 N–H and O–H groups in total.